The van der Waals surface area contributed by atoms with Crippen LogP contribution in [0.2, 0.25) is 0 Å². The summed E-state index contributed by atoms with van der Waals surface area (Å²) in [7, 11) is 0. The van der Waals surface area contributed by atoms with Crippen LogP contribution in [0.15, 0.2) is 17.6 Å². The Morgan fingerprint density at radius 2 is 2.07 bits per heavy atom. The molecule has 0 bridgehead atoms. The number of carbonyl (C=O) groups is 1. The molecule has 4 nitrogen and oxygen atoms in total. The van der Waals surface area contributed by atoms with E-state index >= 15 is 0 Å². The fourth-order valence-corrected chi connectivity index (χ4v) is 0.924. The molecule has 78 valence electrons. The maximum absolute atomic E-state index is 10.6. The molecular weight excluding hydrogens is 182 g/mol. The molecule has 0 aliphatic rings. The highest BCUT2D eigenvalue weighted by molar-refractivity contribution is 5.81. The van der Waals surface area contributed by atoms with Gasteiger partial charge in [-0.3, -0.25) is 0 Å². The zero-order valence-corrected chi connectivity index (χ0v) is 8.20. The van der Waals surface area contributed by atoms with Gasteiger partial charge in [-0.25, -0.2) is 14.6 Å². The second-order valence-corrected chi connectivity index (χ2v) is 2.76. The average Bonchev–Trinajstić information content (AvgIpc) is 2.21. The summed E-state index contributed by atoms with van der Waals surface area (Å²) in [4.78, 5) is 23.7. The van der Waals surface area contributed by atoms with Crippen molar-refractivity contribution >= 4 is 12.0 Å². The first-order chi connectivity index (χ1) is 6.81. The Kier molecular flexibility index (Phi) is 8.70. The van der Waals surface area contributed by atoms with Crippen LogP contribution >= 0.6 is 0 Å². The predicted molar refractivity (Wildman–Crippen MR) is 52.6 cm³/mol. The van der Waals surface area contributed by atoms with Crippen LogP contribution < -0.4 is 0 Å². The molecule has 14 heavy (non-hydrogen) atoms. The molecule has 4 heteroatoms. The lowest BCUT2D eigenvalue weighted by atomic mass is 10.2. The normalized spacial score (nSPS) is 8.86. The first kappa shape index (κ1) is 12.6. The van der Waals surface area contributed by atoms with Crippen LogP contribution in [0.4, 0.5) is 0 Å². The third-order valence-electron chi connectivity index (χ3n) is 1.64. The van der Waals surface area contributed by atoms with Gasteiger partial charge in [0, 0.05) is 6.08 Å². The summed E-state index contributed by atoms with van der Waals surface area (Å²) >= 11 is 0. The molecule has 0 aromatic heterocycles. The minimum Gasteiger partial charge on any atom is -0.463 e. The van der Waals surface area contributed by atoms with Crippen molar-refractivity contribution in [3.8, 4) is 0 Å². The SMILES string of the molecule is C=CC(=O)OCCCCCCN=C=O. The lowest BCUT2D eigenvalue weighted by Gasteiger charge is -2.00. The molecule has 0 N–H and O–H groups in total. The van der Waals surface area contributed by atoms with Crippen LogP contribution in [0.5, 0.6) is 0 Å². The van der Waals surface area contributed by atoms with Gasteiger partial charge in [0.1, 0.15) is 0 Å². The van der Waals surface area contributed by atoms with E-state index in [0.717, 1.165) is 31.8 Å². The summed E-state index contributed by atoms with van der Waals surface area (Å²) in [6.07, 6.45) is 6.31. The van der Waals surface area contributed by atoms with E-state index in [9.17, 15) is 9.59 Å². The Morgan fingerprint density at radius 1 is 1.36 bits per heavy atom. The van der Waals surface area contributed by atoms with Crippen molar-refractivity contribution in [3.63, 3.8) is 0 Å². The average molecular weight is 197 g/mol. The van der Waals surface area contributed by atoms with Gasteiger partial charge in [0.15, 0.2) is 0 Å². The van der Waals surface area contributed by atoms with Crippen LogP contribution in [0.1, 0.15) is 25.7 Å². The van der Waals surface area contributed by atoms with Crippen molar-refractivity contribution in [1.82, 2.24) is 0 Å². The number of ether oxygens (including phenoxy) is 1. The van der Waals surface area contributed by atoms with Gasteiger partial charge >= 0.3 is 5.97 Å². The molecule has 0 unspecified atom stereocenters. The summed E-state index contributed by atoms with van der Waals surface area (Å²) in [6.45, 7) is 4.26. The largest absolute Gasteiger partial charge is 0.463 e. The lowest BCUT2D eigenvalue weighted by molar-refractivity contribution is -0.137. The van der Waals surface area contributed by atoms with Crippen molar-refractivity contribution in [1.29, 1.82) is 0 Å². The Balaban J connectivity index is 3.09. The molecule has 0 fully saturated rings. The van der Waals surface area contributed by atoms with Gasteiger partial charge in [-0.2, -0.15) is 0 Å². The van der Waals surface area contributed by atoms with Gasteiger partial charge in [0.05, 0.1) is 13.2 Å². The molecule has 0 rings (SSSR count). The van der Waals surface area contributed by atoms with Crippen LogP contribution in [0, 0.1) is 0 Å². The number of isocyanates is 1. The minimum absolute atomic E-state index is 0.379. The van der Waals surface area contributed by atoms with Crippen molar-refractivity contribution < 1.29 is 14.3 Å². The van der Waals surface area contributed by atoms with Crippen LogP contribution in [0.25, 0.3) is 0 Å². The number of nitrogens with zero attached hydrogens (tertiary/aromatic N) is 1. The summed E-state index contributed by atoms with van der Waals surface area (Å²) in [6, 6.07) is 0. The molecule has 0 aromatic rings. The van der Waals surface area contributed by atoms with Crippen molar-refractivity contribution in [2.75, 3.05) is 13.2 Å². The zero-order valence-electron chi connectivity index (χ0n) is 8.20. The van der Waals surface area contributed by atoms with Gasteiger partial charge in [-0.15, -0.1) is 0 Å². The molecule has 0 saturated heterocycles. The van der Waals surface area contributed by atoms with Gasteiger partial charge in [0.2, 0.25) is 6.08 Å². The number of rotatable bonds is 8. The minimum atomic E-state index is -0.379. The molecule has 0 saturated carbocycles. The number of hydrogen-bond donors (Lipinski definition) is 0. The molecule has 0 atom stereocenters. The summed E-state index contributed by atoms with van der Waals surface area (Å²) < 4.78 is 4.78. The highest BCUT2D eigenvalue weighted by atomic mass is 16.5. The number of esters is 1. The third kappa shape index (κ3) is 8.68. The molecule has 0 radical (unpaired) electrons. The van der Waals surface area contributed by atoms with Crippen molar-refractivity contribution in [3.05, 3.63) is 12.7 Å². The summed E-state index contributed by atoms with van der Waals surface area (Å²) in [5.41, 5.74) is 0. The number of aliphatic imine (C=N–C) groups is 1. The fourth-order valence-electron chi connectivity index (χ4n) is 0.924. The molecular formula is C10H15NO3. The predicted octanol–water partition coefficient (Wildman–Crippen LogP) is 1.61. The topological polar surface area (TPSA) is 55.7 Å². The fraction of sp³-hybridized carbons (Fsp3) is 0.600. The first-order valence-corrected chi connectivity index (χ1v) is 4.64. The second kappa shape index (κ2) is 9.68. The van der Waals surface area contributed by atoms with E-state index in [2.05, 4.69) is 11.6 Å². The van der Waals surface area contributed by atoms with E-state index in [-0.39, 0.29) is 5.97 Å². The highest BCUT2D eigenvalue weighted by Gasteiger charge is 1.94. The van der Waals surface area contributed by atoms with Gasteiger partial charge in [0.25, 0.3) is 0 Å². The third-order valence-corrected chi connectivity index (χ3v) is 1.64. The second-order valence-electron chi connectivity index (χ2n) is 2.76. The van der Waals surface area contributed by atoms with E-state index in [4.69, 9.17) is 4.74 Å². The van der Waals surface area contributed by atoms with Crippen LogP contribution in [0.3, 0.4) is 0 Å². The Bertz CT molecular complexity index is 219. The van der Waals surface area contributed by atoms with E-state index < -0.39 is 0 Å². The number of unbranched alkanes of at least 4 members (excludes halogenated alkanes) is 3. The van der Waals surface area contributed by atoms with Crippen LogP contribution in [-0.2, 0) is 14.3 Å². The van der Waals surface area contributed by atoms with E-state index in [1.165, 1.54) is 6.08 Å². The highest BCUT2D eigenvalue weighted by Crippen LogP contribution is 2.00. The molecule has 0 aliphatic carbocycles. The smallest absolute Gasteiger partial charge is 0.330 e. The Hall–Kier alpha value is -1.41. The molecule has 0 amide bonds. The first-order valence-electron chi connectivity index (χ1n) is 4.64. The zero-order chi connectivity index (χ0) is 10.6. The van der Waals surface area contributed by atoms with Gasteiger partial charge < -0.3 is 4.74 Å². The van der Waals surface area contributed by atoms with E-state index in [1.807, 2.05) is 0 Å². The van der Waals surface area contributed by atoms with E-state index in [0.29, 0.717) is 13.2 Å². The summed E-state index contributed by atoms with van der Waals surface area (Å²) in [5, 5.41) is 0. The quantitative estimate of drug-likeness (QED) is 0.195. The summed E-state index contributed by atoms with van der Waals surface area (Å²) in [5.74, 6) is -0.379. The molecule has 0 aliphatic heterocycles. The Labute approximate surface area is 83.7 Å². The van der Waals surface area contributed by atoms with Crippen molar-refractivity contribution in [2.45, 2.75) is 25.7 Å². The number of carbonyl (C=O) groups excluding carboxylic acids is 2. The van der Waals surface area contributed by atoms with Gasteiger partial charge in [-0.05, 0) is 19.3 Å². The maximum Gasteiger partial charge on any atom is 0.330 e. The molecule has 0 heterocycles. The Morgan fingerprint density at radius 3 is 2.71 bits per heavy atom. The number of hydrogen-bond acceptors (Lipinski definition) is 4. The maximum atomic E-state index is 10.6. The molecule has 0 aromatic carbocycles. The molecule has 0 spiro atoms. The van der Waals surface area contributed by atoms with Crippen molar-refractivity contribution in [2.24, 2.45) is 4.99 Å². The van der Waals surface area contributed by atoms with E-state index in [1.54, 1.807) is 0 Å². The standard InChI is InChI=1S/C10H15NO3/c1-2-10(13)14-8-6-4-3-5-7-11-9-12/h2H,1,3-8H2. The van der Waals surface area contributed by atoms with Crippen LogP contribution in [-0.4, -0.2) is 25.2 Å². The van der Waals surface area contributed by atoms with Gasteiger partial charge in [-0.1, -0.05) is 13.0 Å². The lowest BCUT2D eigenvalue weighted by Crippen LogP contribution is -2.01. The monoisotopic (exact) mass is 197 g/mol.